The van der Waals surface area contributed by atoms with E-state index in [0.29, 0.717) is 11.8 Å². The third-order valence-electron chi connectivity index (χ3n) is 4.92. The first kappa shape index (κ1) is 11.2. The smallest absolute Gasteiger partial charge is 0.123 e. The zero-order chi connectivity index (χ0) is 11.8. The largest absolute Gasteiger partial charge is 0.330 e. The Morgan fingerprint density at radius 3 is 2.18 bits per heavy atom. The fourth-order valence-corrected chi connectivity index (χ4v) is 4.12. The lowest BCUT2D eigenvalue weighted by molar-refractivity contribution is 0.0731. The summed E-state index contributed by atoms with van der Waals surface area (Å²) in [7, 11) is 0. The highest BCUT2D eigenvalue weighted by atomic mass is 19.1. The Morgan fingerprint density at radius 1 is 1.00 bits per heavy atom. The normalized spacial score (nSPS) is 36.1. The third-order valence-corrected chi connectivity index (χ3v) is 4.92. The van der Waals surface area contributed by atoms with Gasteiger partial charge in [-0.05, 0) is 73.6 Å². The Hall–Kier alpha value is -0.890. The molecule has 3 aliphatic carbocycles. The Balaban J connectivity index is 1.92. The van der Waals surface area contributed by atoms with Crippen molar-refractivity contribution in [1.29, 1.82) is 0 Å². The molecule has 3 saturated carbocycles. The molecule has 2 N–H and O–H groups in total. The summed E-state index contributed by atoms with van der Waals surface area (Å²) in [6, 6.07) is 7.10. The minimum Gasteiger partial charge on any atom is -0.330 e. The molecule has 3 aliphatic rings. The first-order chi connectivity index (χ1) is 8.29. The van der Waals surface area contributed by atoms with Crippen molar-refractivity contribution in [3.8, 4) is 0 Å². The van der Waals surface area contributed by atoms with E-state index in [2.05, 4.69) is 0 Å². The van der Waals surface area contributed by atoms with Gasteiger partial charge in [0, 0.05) is 0 Å². The summed E-state index contributed by atoms with van der Waals surface area (Å²) < 4.78 is 13.0. The molecule has 1 aromatic carbocycles. The van der Waals surface area contributed by atoms with E-state index in [-0.39, 0.29) is 5.82 Å². The zero-order valence-electron chi connectivity index (χ0n) is 10.1. The quantitative estimate of drug-likeness (QED) is 0.833. The van der Waals surface area contributed by atoms with Crippen molar-refractivity contribution in [1.82, 2.24) is 0 Å². The molecule has 2 atom stereocenters. The highest BCUT2D eigenvalue weighted by Crippen LogP contribution is 2.52. The highest BCUT2D eigenvalue weighted by molar-refractivity contribution is 5.24. The molecule has 4 rings (SSSR count). The number of fused-ring (bicyclic) bond motifs is 3. The first-order valence-electron chi connectivity index (χ1n) is 6.75. The maximum Gasteiger partial charge on any atom is 0.123 e. The van der Waals surface area contributed by atoms with Crippen LogP contribution in [0, 0.1) is 23.6 Å². The summed E-state index contributed by atoms with van der Waals surface area (Å²) in [4.78, 5) is 0. The van der Waals surface area contributed by atoms with E-state index in [1.165, 1.54) is 31.2 Å². The van der Waals surface area contributed by atoms with Gasteiger partial charge in [-0.2, -0.15) is 0 Å². The van der Waals surface area contributed by atoms with Crippen LogP contribution in [-0.4, -0.2) is 6.54 Å². The molecule has 0 aliphatic heterocycles. The van der Waals surface area contributed by atoms with Gasteiger partial charge in [0.25, 0.3) is 0 Å². The van der Waals surface area contributed by atoms with Crippen LogP contribution in [0.5, 0.6) is 0 Å². The van der Waals surface area contributed by atoms with Crippen LogP contribution in [0.2, 0.25) is 0 Å². The van der Waals surface area contributed by atoms with Crippen LogP contribution >= 0.6 is 0 Å². The lowest BCUT2D eigenvalue weighted by atomic mass is 9.57. The fraction of sp³-hybridized carbons (Fsp3) is 0.600. The van der Waals surface area contributed by atoms with Crippen molar-refractivity contribution < 1.29 is 4.39 Å². The van der Waals surface area contributed by atoms with Crippen LogP contribution in [0.25, 0.3) is 0 Å². The molecular formula is C15H20FN. The first-order valence-corrected chi connectivity index (χ1v) is 6.75. The summed E-state index contributed by atoms with van der Waals surface area (Å²) >= 11 is 0. The van der Waals surface area contributed by atoms with Crippen LogP contribution in [-0.2, 0) is 0 Å². The van der Waals surface area contributed by atoms with E-state index in [1.807, 2.05) is 12.1 Å². The minimum absolute atomic E-state index is 0.140. The molecule has 17 heavy (non-hydrogen) atoms. The molecule has 1 nitrogen and oxygen atoms in total. The Morgan fingerprint density at radius 2 is 1.59 bits per heavy atom. The van der Waals surface area contributed by atoms with E-state index < -0.39 is 0 Å². The number of hydrogen-bond donors (Lipinski definition) is 1. The van der Waals surface area contributed by atoms with Gasteiger partial charge < -0.3 is 5.73 Å². The van der Waals surface area contributed by atoms with E-state index in [4.69, 9.17) is 5.73 Å². The standard InChI is InChI=1S/C15H20FN/c16-13-7-5-12(6-8-13)15-11-3-1-10(2-4-11)14(15)9-17/h5-8,10-11,14-15H,1-4,9,17H2/t10?,11?,14-,15-/m1/s1. The van der Waals surface area contributed by atoms with E-state index in [1.54, 1.807) is 12.1 Å². The molecule has 1 aromatic rings. The second-order valence-corrected chi connectivity index (χ2v) is 5.65. The summed E-state index contributed by atoms with van der Waals surface area (Å²) in [6.45, 7) is 0.781. The number of hydrogen-bond acceptors (Lipinski definition) is 1. The molecule has 3 fully saturated rings. The highest BCUT2D eigenvalue weighted by Gasteiger charge is 2.43. The Kier molecular flexibility index (Phi) is 2.91. The van der Waals surface area contributed by atoms with Gasteiger partial charge in [0.2, 0.25) is 0 Å². The topological polar surface area (TPSA) is 26.0 Å². The van der Waals surface area contributed by atoms with Crippen LogP contribution in [0.15, 0.2) is 24.3 Å². The molecular weight excluding hydrogens is 213 g/mol. The van der Waals surface area contributed by atoms with Gasteiger partial charge >= 0.3 is 0 Å². The lowest BCUT2D eigenvalue weighted by Gasteiger charge is -2.48. The second kappa shape index (κ2) is 4.41. The molecule has 0 spiro atoms. The van der Waals surface area contributed by atoms with E-state index in [9.17, 15) is 4.39 Å². The predicted octanol–water partition coefficient (Wildman–Crippen LogP) is 3.30. The molecule has 0 amide bonds. The van der Waals surface area contributed by atoms with Gasteiger partial charge in [0.1, 0.15) is 5.82 Å². The summed E-state index contributed by atoms with van der Waals surface area (Å²) in [5, 5.41) is 0. The Labute approximate surface area is 102 Å². The van der Waals surface area contributed by atoms with Gasteiger partial charge in [-0.25, -0.2) is 4.39 Å². The number of halogens is 1. The fourth-order valence-electron chi connectivity index (χ4n) is 4.12. The van der Waals surface area contributed by atoms with Crippen molar-refractivity contribution in [2.24, 2.45) is 23.5 Å². The monoisotopic (exact) mass is 233 g/mol. The van der Waals surface area contributed by atoms with Crippen LogP contribution < -0.4 is 5.73 Å². The molecule has 92 valence electrons. The summed E-state index contributed by atoms with van der Waals surface area (Å²) in [5.74, 6) is 2.64. The molecule has 0 heterocycles. The summed E-state index contributed by atoms with van der Waals surface area (Å²) in [6.07, 6.45) is 5.38. The van der Waals surface area contributed by atoms with Gasteiger partial charge in [-0.15, -0.1) is 0 Å². The zero-order valence-corrected chi connectivity index (χ0v) is 10.1. The molecule has 0 radical (unpaired) electrons. The van der Waals surface area contributed by atoms with Gasteiger partial charge in [-0.3, -0.25) is 0 Å². The Bertz CT molecular complexity index is 378. The number of nitrogens with two attached hydrogens (primary N) is 1. The summed E-state index contributed by atoms with van der Waals surface area (Å²) in [5.41, 5.74) is 7.28. The molecule has 0 saturated heterocycles. The van der Waals surface area contributed by atoms with Crippen LogP contribution in [0.4, 0.5) is 4.39 Å². The van der Waals surface area contributed by atoms with Crippen molar-refractivity contribution in [2.45, 2.75) is 31.6 Å². The maximum atomic E-state index is 13.0. The van der Waals surface area contributed by atoms with Crippen LogP contribution in [0.3, 0.4) is 0 Å². The molecule has 0 aromatic heterocycles. The molecule has 2 bridgehead atoms. The van der Waals surface area contributed by atoms with E-state index >= 15 is 0 Å². The SMILES string of the molecule is NC[C@@H]1C2CCC(CC2)[C@@H]1c1ccc(F)cc1. The lowest BCUT2D eigenvalue weighted by Crippen LogP contribution is -2.42. The average Bonchev–Trinajstić information content (AvgIpc) is 2.40. The van der Waals surface area contributed by atoms with Crippen molar-refractivity contribution in [3.05, 3.63) is 35.6 Å². The number of rotatable bonds is 2. The average molecular weight is 233 g/mol. The second-order valence-electron chi connectivity index (χ2n) is 5.65. The van der Waals surface area contributed by atoms with E-state index in [0.717, 1.165) is 18.4 Å². The maximum absolute atomic E-state index is 13.0. The predicted molar refractivity (Wildman–Crippen MR) is 67.1 cm³/mol. The van der Waals surface area contributed by atoms with Gasteiger partial charge in [-0.1, -0.05) is 12.1 Å². The van der Waals surface area contributed by atoms with Crippen molar-refractivity contribution in [3.63, 3.8) is 0 Å². The van der Waals surface area contributed by atoms with Gasteiger partial charge in [0.15, 0.2) is 0 Å². The van der Waals surface area contributed by atoms with Gasteiger partial charge in [0.05, 0.1) is 0 Å². The van der Waals surface area contributed by atoms with Crippen molar-refractivity contribution in [2.75, 3.05) is 6.54 Å². The van der Waals surface area contributed by atoms with Crippen LogP contribution in [0.1, 0.15) is 37.2 Å². The number of benzene rings is 1. The molecule has 2 heteroatoms. The molecule has 0 unspecified atom stereocenters. The van der Waals surface area contributed by atoms with Crippen molar-refractivity contribution >= 4 is 0 Å². The minimum atomic E-state index is -0.140. The third kappa shape index (κ3) is 1.89.